The second-order valence-electron chi connectivity index (χ2n) is 9.92. The number of nitrogens with one attached hydrogen (secondary N) is 2. The van der Waals surface area contributed by atoms with E-state index in [0.29, 0.717) is 37.4 Å². The number of rotatable bonds is 8. The Hall–Kier alpha value is -4.27. The summed E-state index contributed by atoms with van der Waals surface area (Å²) in [6, 6.07) is 26.6. The van der Waals surface area contributed by atoms with E-state index in [0.717, 1.165) is 34.3 Å². The summed E-state index contributed by atoms with van der Waals surface area (Å²) in [5, 5.41) is 13.3. The minimum absolute atomic E-state index is 0.278. The Morgan fingerprint density at radius 1 is 1.03 bits per heavy atom. The number of carbonyl (C=O) groups is 2. The Bertz CT molecular complexity index is 1440. The quantitative estimate of drug-likeness (QED) is 0.235. The zero-order valence-electron chi connectivity index (χ0n) is 21.8. The van der Waals surface area contributed by atoms with Gasteiger partial charge >= 0.3 is 0 Å². The van der Waals surface area contributed by atoms with Gasteiger partial charge in [0.25, 0.3) is 5.91 Å². The number of fused-ring (bicyclic) bond motifs is 1. The molecule has 2 atom stereocenters. The number of ether oxygens (including phenoxy) is 1. The minimum atomic E-state index is -0.521. The molecule has 2 amide bonds. The van der Waals surface area contributed by atoms with Crippen molar-refractivity contribution >= 4 is 22.7 Å². The number of pyridine rings is 1. The van der Waals surface area contributed by atoms with Crippen LogP contribution in [0.25, 0.3) is 10.9 Å². The number of likely N-dealkylation sites (tertiary alicyclic amines) is 1. The number of hydroxylamine groups is 1. The largest absolute Gasteiger partial charge is 0.489 e. The highest BCUT2D eigenvalue weighted by atomic mass is 16.5. The monoisotopic (exact) mass is 524 g/mol. The number of hydrogen-bond acceptors (Lipinski definition) is 6. The van der Waals surface area contributed by atoms with E-state index in [2.05, 4.69) is 27.3 Å². The van der Waals surface area contributed by atoms with Crippen LogP contribution in [-0.2, 0) is 17.9 Å². The summed E-state index contributed by atoms with van der Waals surface area (Å²) in [6.07, 6.45) is 0.528. The van der Waals surface area contributed by atoms with E-state index >= 15 is 0 Å². The third kappa shape index (κ3) is 6.42. The topological polar surface area (TPSA) is 104 Å². The molecule has 2 heterocycles. The third-order valence-electron chi connectivity index (χ3n) is 7.15. The van der Waals surface area contributed by atoms with Gasteiger partial charge in [0.2, 0.25) is 5.91 Å². The van der Waals surface area contributed by atoms with Crippen LogP contribution in [0.15, 0.2) is 84.9 Å². The Morgan fingerprint density at radius 2 is 1.77 bits per heavy atom. The molecule has 1 fully saturated rings. The predicted octanol–water partition coefficient (Wildman–Crippen LogP) is 4.25. The summed E-state index contributed by atoms with van der Waals surface area (Å²) < 4.78 is 6.03. The maximum Gasteiger partial charge on any atom is 0.251 e. The van der Waals surface area contributed by atoms with Crippen molar-refractivity contribution < 1.29 is 19.5 Å². The normalized spacial score (nSPS) is 17.5. The van der Waals surface area contributed by atoms with E-state index in [9.17, 15) is 14.8 Å². The molecule has 1 aromatic heterocycles. The number of aromatic nitrogens is 1. The number of benzene rings is 3. The van der Waals surface area contributed by atoms with Crippen LogP contribution in [0.3, 0.4) is 0 Å². The van der Waals surface area contributed by atoms with Gasteiger partial charge in [0.05, 0.1) is 17.5 Å². The first-order valence-corrected chi connectivity index (χ1v) is 13.1. The molecule has 0 bridgehead atoms. The summed E-state index contributed by atoms with van der Waals surface area (Å²) in [5.74, 6) is -0.636. The van der Waals surface area contributed by atoms with Crippen LogP contribution in [-0.4, -0.2) is 46.0 Å². The molecule has 0 radical (unpaired) electrons. The maximum atomic E-state index is 13.1. The molecular formula is C31H32N4O4. The van der Waals surface area contributed by atoms with Gasteiger partial charge in [0, 0.05) is 35.3 Å². The lowest BCUT2D eigenvalue weighted by Crippen LogP contribution is -2.56. The summed E-state index contributed by atoms with van der Waals surface area (Å²) in [5.41, 5.74) is 6.30. The molecule has 0 saturated carbocycles. The fraction of sp³-hybridized carbons (Fsp3) is 0.258. The van der Waals surface area contributed by atoms with Gasteiger partial charge in [-0.1, -0.05) is 48.5 Å². The van der Waals surface area contributed by atoms with E-state index in [1.165, 1.54) is 0 Å². The van der Waals surface area contributed by atoms with Crippen molar-refractivity contribution in [1.29, 1.82) is 0 Å². The number of para-hydroxylation sites is 1. The summed E-state index contributed by atoms with van der Waals surface area (Å²) in [7, 11) is 0. The van der Waals surface area contributed by atoms with Crippen molar-refractivity contribution in [2.24, 2.45) is 5.92 Å². The fourth-order valence-electron chi connectivity index (χ4n) is 5.18. The molecule has 8 heteroatoms. The summed E-state index contributed by atoms with van der Waals surface area (Å²) in [6.45, 7) is 4.26. The molecule has 200 valence electrons. The molecule has 1 aliphatic heterocycles. The van der Waals surface area contributed by atoms with Crippen molar-refractivity contribution in [3.63, 3.8) is 0 Å². The SMILES string of the molecule is Cc1cc(COc2ccc(C(=O)N[C@@H]3CN(Cc4ccccc4)CC[C@@H]3C(=O)NO)cc2)c2ccccc2n1. The number of aryl methyl sites for hydroxylation is 1. The first-order valence-electron chi connectivity index (χ1n) is 13.1. The highest BCUT2D eigenvalue weighted by molar-refractivity contribution is 5.95. The van der Waals surface area contributed by atoms with Crippen LogP contribution in [0.1, 0.15) is 33.6 Å². The Balaban J connectivity index is 1.23. The lowest BCUT2D eigenvalue weighted by Gasteiger charge is -2.37. The van der Waals surface area contributed by atoms with Gasteiger partial charge < -0.3 is 10.1 Å². The zero-order valence-corrected chi connectivity index (χ0v) is 21.8. The molecule has 3 N–H and O–H groups in total. The standard InChI is InChI=1S/C31H32N4O4/c1-21-17-24(26-9-5-6-10-28(26)32-21)20-39-25-13-11-23(12-14-25)30(36)33-29-19-35(16-15-27(29)31(37)34-38)18-22-7-3-2-4-8-22/h2-14,17,27,29,38H,15-16,18-20H2,1H3,(H,33,36)(H,34,37)/t27-,29+/m0/s1. The molecular weight excluding hydrogens is 492 g/mol. The number of nitrogens with zero attached hydrogens (tertiary/aromatic N) is 2. The van der Waals surface area contributed by atoms with Gasteiger partial charge in [0.15, 0.2) is 0 Å². The van der Waals surface area contributed by atoms with Crippen LogP contribution in [0.2, 0.25) is 0 Å². The Labute approximate surface area is 227 Å². The van der Waals surface area contributed by atoms with Gasteiger partial charge in [-0.2, -0.15) is 0 Å². The highest BCUT2D eigenvalue weighted by Gasteiger charge is 2.35. The molecule has 4 aromatic rings. The lowest BCUT2D eigenvalue weighted by molar-refractivity contribution is -0.135. The predicted molar refractivity (Wildman–Crippen MR) is 148 cm³/mol. The smallest absolute Gasteiger partial charge is 0.251 e. The second-order valence-corrected chi connectivity index (χ2v) is 9.92. The average molecular weight is 525 g/mol. The van der Waals surface area contributed by atoms with Crippen LogP contribution in [0.4, 0.5) is 0 Å². The van der Waals surface area contributed by atoms with Crippen LogP contribution >= 0.6 is 0 Å². The first-order chi connectivity index (χ1) is 19.0. The van der Waals surface area contributed by atoms with Crippen molar-refractivity contribution in [2.45, 2.75) is 32.5 Å². The Morgan fingerprint density at radius 3 is 2.54 bits per heavy atom. The molecule has 0 unspecified atom stereocenters. The van der Waals surface area contributed by atoms with Crippen molar-refractivity contribution in [2.75, 3.05) is 13.1 Å². The van der Waals surface area contributed by atoms with Crippen molar-refractivity contribution in [3.8, 4) is 5.75 Å². The number of hydrogen-bond donors (Lipinski definition) is 3. The molecule has 0 spiro atoms. The van der Waals surface area contributed by atoms with E-state index in [4.69, 9.17) is 4.74 Å². The van der Waals surface area contributed by atoms with Crippen molar-refractivity contribution in [3.05, 3.63) is 107 Å². The van der Waals surface area contributed by atoms with E-state index < -0.39 is 17.9 Å². The first kappa shape index (κ1) is 26.3. The van der Waals surface area contributed by atoms with E-state index in [1.807, 2.05) is 55.5 Å². The molecule has 1 aliphatic rings. The molecule has 39 heavy (non-hydrogen) atoms. The molecule has 3 aromatic carbocycles. The minimum Gasteiger partial charge on any atom is -0.489 e. The average Bonchev–Trinajstić information content (AvgIpc) is 2.96. The lowest BCUT2D eigenvalue weighted by atomic mass is 9.90. The Kier molecular flexibility index (Phi) is 8.15. The summed E-state index contributed by atoms with van der Waals surface area (Å²) in [4.78, 5) is 32.3. The van der Waals surface area contributed by atoms with E-state index in [1.54, 1.807) is 29.7 Å². The number of amides is 2. The van der Waals surface area contributed by atoms with Gasteiger partial charge in [-0.15, -0.1) is 0 Å². The molecule has 5 rings (SSSR count). The third-order valence-corrected chi connectivity index (χ3v) is 7.15. The number of piperidine rings is 1. The van der Waals surface area contributed by atoms with Crippen molar-refractivity contribution in [1.82, 2.24) is 20.7 Å². The highest BCUT2D eigenvalue weighted by Crippen LogP contribution is 2.23. The molecule has 1 saturated heterocycles. The molecule has 8 nitrogen and oxygen atoms in total. The van der Waals surface area contributed by atoms with Gasteiger partial charge in [-0.25, -0.2) is 5.48 Å². The maximum absolute atomic E-state index is 13.1. The fourth-order valence-corrected chi connectivity index (χ4v) is 5.18. The van der Waals surface area contributed by atoms with Crippen LogP contribution in [0.5, 0.6) is 5.75 Å². The van der Waals surface area contributed by atoms with Gasteiger partial charge in [-0.05, 0) is 61.9 Å². The van der Waals surface area contributed by atoms with Crippen LogP contribution in [0, 0.1) is 12.8 Å². The second kappa shape index (κ2) is 12.1. The molecule has 0 aliphatic carbocycles. The van der Waals surface area contributed by atoms with Crippen LogP contribution < -0.4 is 15.5 Å². The zero-order chi connectivity index (χ0) is 27.2. The van der Waals surface area contributed by atoms with Gasteiger partial charge in [0.1, 0.15) is 12.4 Å². The van der Waals surface area contributed by atoms with Gasteiger partial charge in [-0.3, -0.25) is 24.7 Å². The van der Waals surface area contributed by atoms with E-state index in [-0.39, 0.29) is 5.91 Å². The number of carbonyl (C=O) groups excluding carboxylic acids is 2. The summed E-state index contributed by atoms with van der Waals surface area (Å²) >= 11 is 0.